The molecule has 1 saturated carbocycles. The number of carbonyl (C=O) groups is 1. The lowest BCUT2D eigenvalue weighted by Crippen LogP contribution is -1.99. The number of hydrogen-bond acceptors (Lipinski definition) is 3. The topological polar surface area (TPSA) is 58.6 Å². The molecule has 0 aromatic carbocycles. The Morgan fingerprint density at radius 1 is 1.35 bits per heavy atom. The van der Waals surface area contributed by atoms with Crippen LogP contribution in [0.15, 0.2) is 6.33 Å². The summed E-state index contributed by atoms with van der Waals surface area (Å²) >= 11 is 5.99. The van der Waals surface area contributed by atoms with Crippen molar-refractivity contribution >= 4 is 28.9 Å². The Morgan fingerprint density at radius 3 is 2.82 bits per heavy atom. The van der Waals surface area contributed by atoms with Gasteiger partial charge in [0.2, 0.25) is 0 Å². The molecule has 2 heterocycles. The number of aromatic amines is 1. The third-order valence-corrected chi connectivity index (χ3v) is 3.77. The summed E-state index contributed by atoms with van der Waals surface area (Å²) in [6.07, 6.45) is 7.04. The van der Waals surface area contributed by atoms with Gasteiger partial charge in [-0.2, -0.15) is 0 Å². The first kappa shape index (κ1) is 10.7. The Bertz CT molecular complexity index is 572. The summed E-state index contributed by atoms with van der Waals surface area (Å²) in [6.45, 7) is 0. The van der Waals surface area contributed by atoms with Crippen LogP contribution in [0.3, 0.4) is 0 Å². The molecule has 1 aliphatic carbocycles. The van der Waals surface area contributed by atoms with Crippen LogP contribution in [-0.4, -0.2) is 21.2 Å². The van der Waals surface area contributed by atoms with Crippen LogP contribution in [-0.2, 0) is 0 Å². The van der Waals surface area contributed by atoms with Crippen molar-refractivity contribution in [3.8, 4) is 0 Å². The van der Waals surface area contributed by atoms with Crippen LogP contribution in [0.1, 0.15) is 47.7 Å². The first-order chi connectivity index (χ1) is 8.31. The van der Waals surface area contributed by atoms with Crippen molar-refractivity contribution in [2.45, 2.75) is 31.6 Å². The van der Waals surface area contributed by atoms with Gasteiger partial charge in [-0.05, 0) is 12.8 Å². The summed E-state index contributed by atoms with van der Waals surface area (Å²) in [7, 11) is 0. The summed E-state index contributed by atoms with van der Waals surface area (Å²) < 4.78 is 0. The molecule has 0 unspecified atom stereocenters. The van der Waals surface area contributed by atoms with Gasteiger partial charge < -0.3 is 4.98 Å². The molecule has 0 radical (unpaired) electrons. The number of hydrogen-bond donors (Lipinski definition) is 1. The van der Waals surface area contributed by atoms with Crippen LogP contribution in [0, 0.1) is 0 Å². The highest BCUT2D eigenvalue weighted by Crippen LogP contribution is 2.37. The maximum atomic E-state index is 11.1. The van der Waals surface area contributed by atoms with Crippen LogP contribution < -0.4 is 0 Å². The molecular formula is C12H12ClN3O. The minimum absolute atomic E-state index is 0.356. The minimum Gasteiger partial charge on any atom is -0.330 e. The Labute approximate surface area is 103 Å². The van der Waals surface area contributed by atoms with Crippen molar-refractivity contribution in [1.29, 1.82) is 0 Å². The third-order valence-electron chi connectivity index (χ3n) is 3.47. The van der Waals surface area contributed by atoms with Crippen molar-refractivity contribution in [2.24, 2.45) is 0 Å². The minimum atomic E-state index is 0.356. The van der Waals surface area contributed by atoms with Crippen LogP contribution in [0.25, 0.3) is 11.0 Å². The van der Waals surface area contributed by atoms with Gasteiger partial charge in [0, 0.05) is 5.92 Å². The second-order valence-corrected chi connectivity index (χ2v) is 4.81. The molecule has 0 atom stereocenters. The molecule has 1 N–H and O–H groups in total. The van der Waals surface area contributed by atoms with Gasteiger partial charge in [-0.15, -0.1) is 0 Å². The highest BCUT2D eigenvalue weighted by atomic mass is 35.5. The summed E-state index contributed by atoms with van der Waals surface area (Å²) in [5, 5.41) is 1.16. The Morgan fingerprint density at radius 2 is 2.12 bits per heavy atom. The lowest BCUT2D eigenvalue weighted by molar-refractivity contribution is 0.112. The smallest absolute Gasteiger partial charge is 0.153 e. The summed E-state index contributed by atoms with van der Waals surface area (Å²) in [6, 6.07) is 0. The molecule has 0 amide bonds. The molecule has 0 bridgehead atoms. The molecule has 0 saturated heterocycles. The zero-order chi connectivity index (χ0) is 11.8. The number of aromatic nitrogens is 3. The molecule has 4 nitrogen and oxygen atoms in total. The lowest BCUT2D eigenvalue weighted by atomic mass is 9.99. The van der Waals surface area contributed by atoms with E-state index in [2.05, 4.69) is 15.0 Å². The van der Waals surface area contributed by atoms with Gasteiger partial charge in [-0.3, -0.25) is 4.79 Å². The number of fused-ring (bicyclic) bond motifs is 1. The van der Waals surface area contributed by atoms with Gasteiger partial charge in [0.15, 0.2) is 6.29 Å². The number of carbonyl (C=O) groups excluding carboxylic acids is 1. The van der Waals surface area contributed by atoms with E-state index in [1.165, 1.54) is 19.2 Å². The molecule has 2 aromatic heterocycles. The van der Waals surface area contributed by atoms with E-state index in [1.807, 2.05) is 0 Å². The van der Waals surface area contributed by atoms with Crippen LogP contribution in [0.4, 0.5) is 0 Å². The van der Waals surface area contributed by atoms with Gasteiger partial charge in [0.05, 0.1) is 16.6 Å². The first-order valence-electron chi connectivity index (χ1n) is 5.78. The van der Waals surface area contributed by atoms with Crippen molar-refractivity contribution in [3.63, 3.8) is 0 Å². The molecule has 3 rings (SSSR count). The van der Waals surface area contributed by atoms with E-state index in [9.17, 15) is 4.79 Å². The predicted octanol–water partition coefficient (Wildman–Crippen LogP) is 3.08. The van der Waals surface area contributed by atoms with Crippen molar-refractivity contribution in [1.82, 2.24) is 15.0 Å². The Balaban J connectivity index is 2.26. The Kier molecular flexibility index (Phi) is 2.59. The normalized spacial score (nSPS) is 16.8. The number of nitrogens with one attached hydrogen (secondary N) is 1. The van der Waals surface area contributed by atoms with Crippen LogP contribution >= 0.6 is 11.6 Å². The fourth-order valence-corrected chi connectivity index (χ4v) is 2.89. The number of halogens is 1. The maximum absolute atomic E-state index is 11.1. The summed E-state index contributed by atoms with van der Waals surface area (Å²) in [5.74, 6) is 0.436. The van der Waals surface area contributed by atoms with E-state index in [-0.39, 0.29) is 0 Å². The van der Waals surface area contributed by atoms with E-state index in [4.69, 9.17) is 11.6 Å². The molecule has 0 spiro atoms. The Hall–Kier alpha value is -1.42. The highest BCUT2D eigenvalue weighted by molar-refractivity contribution is 6.34. The van der Waals surface area contributed by atoms with E-state index in [0.29, 0.717) is 22.3 Å². The number of aldehydes is 1. The van der Waals surface area contributed by atoms with E-state index in [1.54, 1.807) is 0 Å². The van der Waals surface area contributed by atoms with E-state index < -0.39 is 0 Å². The number of nitrogens with zero attached hydrogens (tertiary/aromatic N) is 2. The van der Waals surface area contributed by atoms with Gasteiger partial charge >= 0.3 is 0 Å². The molecule has 2 aromatic rings. The zero-order valence-corrected chi connectivity index (χ0v) is 10.00. The number of H-pyrrole nitrogens is 1. The van der Waals surface area contributed by atoms with Gasteiger partial charge in [0.1, 0.15) is 17.1 Å². The van der Waals surface area contributed by atoms with Crippen LogP contribution in [0.5, 0.6) is 0 Å². The SMILES string of the molecule is O=Cc1c(Cl)[nH]c2ncnc(C3CCCC3)c12. The second-order valence-electron chi connectivity index (χ2n) is 4.43. The fraction of sp³-hybridized carbons (Fsp3) is 0.417. The van der Waals surface area contributed by atoms with Gasteiger partial charge in [0.25, 0.3) is 0 Å². The number of rotatable bonds is 2. The maximum Gasteiger partial charge on any atom is 0.153 e. The van der Waals surface area contributed by atoms with Crippen molar-refractivity contribution < 1.29 is 4.79 Å². The van der Waals surface area contributed by atoms with Gasteiger partial charge in [-0.1, -0.05) is 24.4 Å². The van der Waals surface area contributed by atoms with Gasteiger partial charge in [-0.25, -0.2) is 9.97 Å². The van der Waals surface area contributed by atoms with Crippen molar-refractivity contribution in [3.05, 3.63) is 22.7 Å². The van der Waals surface area contributed by atoms with E-state index >= 15 is 0 Å². The van der Waals surface area contributed by atoms with Crippen LogP contribution in [0.2, 0.25) is 5.15 Å². The molecule has 17 heavy (non-hydrogen) atoms. The molecule has 0 aliphatic heterocycles. The molecule has 1 aliphatic rings. The average molecular weight is 250 g/mol. The first-order valence-corrected chi connectivity index (χ1v) is 6.16. The predicted molar refractivity (Wildman–Crippen MR) is 65.5 cm³/mol. The third kappa shape index (κ3) is 1.63. The molecule has 88 valence electrons. The molecule has 1 fully saturated rings. The summed E-state index contributed by atoms with van der Waals surface area (Å²) in [4.78, 5) is 22.5. The summed E-state index contributed by atoms with van der Waals surface area (Å²) in [5.41, 5.74) is 2.12. The monoisotopic (exact) mass is 249 g/mol. The molecular weight excluding hydrogens is 238 g/mol. The zero-order valence-electron chi connectivity index (χ0n) is 9.24. The quantitative estimate of drug-likeness (QED) is 0.832. The standard InChI is InChI=1S/C12H12ClN3O/c13-11-8(5-17)9-10(7-3-1-2-4-7)14-6-15-12(9)16-11/h5-7H,1-4H2,(H,14,15,16). The van der Waals surface area contributed by atoms with E-state index in [0.717, 1.165) is 30.2 Å². The highest BCUT2D eigenvalue weighted by Gasteiger charge is 2.24. The fourth-order valence-electron chi connectivity index (χ4n) is 2.66. The second kappa shape index (κ2) is 4.11. The van der Waals surface area contributed by atoms with Crippen molar-refractivity contribution in [2.75, 3.05) is 0 Å². The average Bonchev–Trinajstić information content (AvgIpc) is 2.93. The largest absolute Gasteiger partial charge is 0.330 e. The lowest BCUT2D eigenvalue weighted by Gasteiger charge is -2.09. The molecule has 5 heteroatoms.